The Morgan fingerprint density at radius 1 is 1.22 bits per heavy atom. The minimum Gasteiger partial charge on any atom is -0.370 e. The van der Waals surface area contributed by atoms with Crippen LogP contribution in [0.4, 0.5) is 20.2 Å². The Bertz CT molecular complexity index is 829. The molecule has 7 nitrogen and oxygen atoms in total. The quantitative estimate of drug-likeness (QED) is 0.572. The van der Waals surface area contributed by atoms with Crippen LogP contribution in [-0.4, -0.2) is 62.1 Å². The number of rotatable bonds is 10. The summed E-state index contributed by atoms with van der Waals surface area (Å²) in [5, 5.41) is 2.79. The van der Waals surface area contributed by atoms with Gasteiger partial charge in [-0.1, -0.05) is 6.42 Å². The van der Waals surface area contributed by atoms with E-state index in [1.165, 1.54) is 49.1 Å². The van der Waals surface area contributed by atoms with Crippen molar-refractivity contribution in [3.63, 3.8) is 0 Å². The van der Waals surface area contributed by atoms with E-state index in [4.69, 9.17) is 10.5 Å². The number of nitrogens with zero attached hydrogens (tertiary/aromatic N) is 2. The van der Waals surface area contributed by atoms with Crippen LogP contribution in [0.1, 0.15) is 44.1 Å². The Kier molecular flexibility index (Phi) is 7.37. The van der Waals surface area contributed by atoms with Gasteiger partial charge in [0.05, 0.1) is 12.3 Å². The van der Waals surface area contributed by atoms with Gasteiger partial charge in [0.2, 0.25) is 5.91 Å². The largest absolute Gasteiger partial charge is 0.370 e. The zero-order valence-corrected chi connectivity index (χ0v) is 18.3. The average molecular weight is 451 g/mol. The molecule has 9 heteroatoms. The fourth-order valence-corrected chi connectivity index (χ4v) is 4.44. The summed E-state index contributed by atoms with van der Waals surface area (Å²) < 4.78 is 32.7. The molecule has 1 aromatic rings. The van der Waals surface area contributed by atoms with E-state index in [0.29, 0.717) is 18.4 Å². The number of amides is 2. The lowest BCUT2D eigenvalue weighted by Gasteiger charge is -2.36. The summed E-state index contributed by atoms with van der Waals surface area (Å²) in [6, 6.07) is 3.79. The first kappa shape index (κ1) is 23.1. The van der Waals surface area contributed by atoms with Crippen molar-refractivity contribution in [2.24, 2.45) is 17.6 Å². The summed E-state index contributed by atoms with van der Waals surface area (Å²) in [4.78, 5) is 28.7. The number of morpholine rings is 1. The number of hydrogen-bond donors (Lipinski definition) is 2. The molecular formula is C23H32F2N4O3. The normalized spacial score (nSPS) is 20.5. The molecule has 1 aromatic carbocycles. The zero-order valence-electron chi connectivity index (χ0n) is 18.3. The van der Waals surface area contributed by atoms with Gasteiger partial charge in [0, 0.05) is 37.4 Å². The molecule has 176 valence electrons. The van der Waals surface area contributed by atoms with E-state index in [1.807, 2.05) is 0 Å². The molecular weight excluding hydrogens is 418 g/mol. The third kappa shape index (κ3) is 5.44. The Hall–Kier alpha value is -2.10. The molecule has 2 saturated carbocycles. The Morgan fingerprint density at radius 2 is 1.94 bits per heavy atom. The molecule has 0 unspecified atom stereocenters. The van der Waals surface area contributed by atoms with E-state index in [9.17, 15) is 18.4 Å². The van der Waals surface area contributed by atoms with E-state index in [2.05, 4.69) is 10.2 Å². The van der Waals surface area contributed by atoms with Crippen LogP contribution in [0.2, 0.25) is 0 Å². The maximum atomic E-state index is 13.8. The zero-order chi connectivity index (χ0) is 22.7. The van der Waals surface area contributed by atoms with Gasteiger partial charge in [-0.25, -0.2) is 8.78 Å². The number of benzene rings is 1. The highest BCUT2D eigenvalue weighted by atomic mass is 19.3. The number of alkyl halides is 2. The lowest BCUT2D eigenvalue weighted by Crippen LogP contribution is -2.51. The number of anilines is 2. The first-order valence-electron chi connectivity index (χ1n) is 11.5. The number of nitrogens with one attached hydrogen (secondary N) is 1. The average Bonchev–Trinajstić information content (AvgIpc) is 3.55. The fourth-order valence-electron chi connectivity index (χ4n) is 4.44. The van der Waals surface area contributed by atoms with E-state index >= 15 is 0 Å². The molecule has 1 saturated heterocycles. The van der Waals surface area contributed by atoms with Gasteiger partial charge in [-0.2, -0.15) is 0 Å². The van der Waals surface area contributed by atoms with Crippen LogP contribution in [0.15, 0.2) is 18.2 Å². The molecule has 3 aliphatic rings. The maximum Gasteiger partial charge on any atom is 0.265 e. The molecule has 3 fully saturated rings. The summed E-state index contributed by atoms with van der Waals surface area (Å²) in [6.07, 6.45) is 3.17. The van der Waals surface area contributed by atoms with Crippen molar-refractivity contribution in [3.8, 4) is 0 Å². The summed E-state index contributed by atoms with van der Waals surface area (Å²) in [5.41, 5.74) is 6.15. The third-order valence-electron chi connectivity index (χ3n) is 6.68. The molecule has 0 spiro atoms. The first-order chi connectivity index (χ1) is 15.5. The molecule has 1 heterocycles. The molecule has 0 aromatic heterocycles. The van der Waals surface area contributed by atoms with Gasteiger partial charge in [-0.3, -0.25) is 14.5 Å². The van der Waals surface area contributed by atoms with Crippen molar-refractivity contribution < 1.29 is 23.1 Å². The topological polar surface area (TPSA) is 87.9 Å². The summed E-state index contributed by atoms with van der Waals surface area (Å²) in [5.74, 6) is 0.590. The molecule has 2 amide bonds. The smallest absolute Gasteiger partial charge is 0.265 e. The Labute approximate surface area is 187 Å². The Morgan fingerprint density at radius 3 is 2.50 bits per heavy atom. The van der Waals surface area contributed by atoms with Crippen LogP contribution in [0.25, 0.3) is 0 Å². The minimum atomic E-state index is -2.78. The van der Waals surface area contributed by atoms with Crippen molar-refractivity contribution in [1.82, 2.24) is 4.90 Å². The molecule has 3 N–H and O–H groups in total. The lowest BCUT2D eigenvalue weighted by atomic mass is 9.84. The van der Waals surface area contributed by atoms with Gasteiger partial charge < -0.3 is 20.7 Å². The van der Waals surface area contributed by atoms with E-state index in [-0.39, 0.29) is 48.4 Å². The van der Waals surface area contributed by atoms with Crippen molar-refractivity contribution in [2.45, 2.75) is 44.6 Å². The predicted octanol–water partition coefficient (Wildman–Crippen LogP) is 2.77. The summed E-state index contributed by atoms with van der Waals surface area (Å²) >= 11 is 0. The third-order valence-corrected chi connectivity index (χ3v) is 6.68. The van der Waals surface area contributed by atoms with E-state index in [0.717, 1.165) is 13.1 Å². The van der Waals surface area contributed by atoms with Crippen LogP contribution in [0.5, 0.6) is 0 Å². The maximum absolute atomic E-state index is 13.8. The highest BCUT2D eigenvalue weighted by Crippen LogP contribution is 2.35. The van der Waals surface area contributed by atoms with Crippen molar-refractivity contribution in [2.75, 3.05) is 49.6 Å². The predicted molar refractivity (Wildman–Crippen MR) is 118 cm³/mol. The number of carbonyl (C=O) groups excluding carboxylic acids is 2. The van der Waals surface area contributed by atoms with E-state index < -0.39 is 12.5 Å². The lowest BCUT2D eigenvalue weighted by molar-refractivity contribution is -0.125. The minimum absolute atomic E-state index is 0.128. The van der Waals surface area contributed by atoms with Gasteiger partial charge in [-0.05, 0) is 55.7 Å². The van der Waals surface area contributed by atoms with Gasteiger partial charge in [0.15, 0.2) is 0 Å². The van der Waals surface area contributed by atoms with Crippen LogP contribution < -0.4 is 16.0 Å². The van der Waals surface area contributed by atoms with Gasteiger partial charge >= 0.3 is 0 Å². The van der Waals surface area contributed by atoms with Gasteiger partial charge in [0.25, 0.3) is 12.3 Å². The summed E-state index contributed by atoms with van der Waals surface area (Å²) in [7, 11) is 0. The number of halogens is 2. The fraction of sp³-hybridized carbons (Fsp3) is 0.652. The van der Waals surface area contributed by atoms with Gasteiger partial charge in [0.1, 0.15) is 12.6 Å². The van der Waals surface area contributed by atoms with Gasteiger partial charge in [-0.15, -0.1) is 0 Å². The van der Waals surface area contributed by atoms with Crippen molar-refractivity contribution in [3.05, 3.63) is 23.8 Å². The van der Waals surface area contributed by atoms with Crippen LogP contribution in [0.3, 0.4) is 0 Å². The molecule has 32 heavy (non-hydrogen) atoms. The van der Waals surface area contributed by atoms with Crippen molar-refractivity contribution >= 4 is 23.2 Å². The molecule has 1 aliphatic heterocycles. The van der Waals surface area contributed by atoms with Crippen molar-refractivity contribution in [1.29, 1.82) is 0 Å². The summed E-state index contributed by atoms with van der Waals surface area (Å²) in [6.45, 7) is 2.27. The Balaban J connectivity index is 1.49. The number of carbonyl (C=O) groups is 2. The van der Waals surface area contributed by atoms with Crippen LogP contribution in [-0.2, 0) is 14.3 Å². The van der Waals surface area contributed by atoms with Crippen LogP contribution >= 0.6 is 0 Å². The number of ether oxygens (including phenoxy) is 1. The molecule has 0 radical (unpaired) electrons. The highest BCUT2D eigenvalue weighted by Gasteiger charge is 2.34. The SMILES string of the molecule is NC[C@H](C(=O)Nc1ccc(N2CCOCC2=O)c(C(F)F)c1)N(CC1CCC1)CC1CC1. The second-order valence-electron chi connectivity index (χ2n) is 9.11. The number of hydrogen-bond acceptors (Lipinski definition) is 5. The highest BCUT2D eigenvalue weighted by molar-refractivity contribution is 5.97. The monoisotopic (exact) mass is 450 g/mol. The second-order valence-corrected chi connectivity index (χ2v) is 9.11. The molecule has 2 aliphatic carbocycles. The second kappa shape index (κ2) is 10.2. The standard InChI is InChI=1S/C23H32F2N4O3/c24-22(25)18-10-17(6-7-19(18)29-8-9-32-14-21(29)30)27-23(31)20(11-26)28(13-16-4-5-16)12-15-2-1-3-15/h6-7,10,15-16,20,22H,1-5,8-9,11-14,26H2,(H,27,31)/t20-/m1/s1. The van der Waals surface area contributed by atoms with Crippen LogP contribution in [0, 0.1) is 11.8 Å². The first-order valence-corrected chi connectivity index (χ1v) is 11.5. The number of nitrogens with two attached hydrogens (primary N) is 1. The van der Waals surface area contributed by atoms with E-state index in [1.54, 1.807) is 6.07 Å². The molecule has 4 rings (SSSR count). The molecule has 1 atom stereocenters. The molecule has 0 bridgehead atoms.